The van der Waals surface area contributed by atoms with Gasteiger partial charge in [0.25, 0.3) is 17.4 Å². The van der Waals surface area contributed by atoms with Crippen LogP contribution >= 0.6 is 11.6 Å². The molecule has 2 heterocycles. The fourth-order valence-corrected chi connectivity index (χ4v) is 3.41. The number of aromatic nitrogens is 1. The van der Waals surface area contributed by atoms with Gasteiger partial charge in [0, 0.05) is 26.2 Å². The van der Waals surface area contributed by atoms with Gasteiger partial charge in [0.05, 0.1) is 10.6 Å². The second-order valence-corrected chi connectivity index (χ2v) is 7.02. The first-order valence-corrected chi connectivity index (χ1v) is 9.35. The smallest absolute Gasteiger partial charge is 0.291 e. The van der Waals surface area contributed by atoms with Crippen LogP contribution in [0.25, 0.3) is 0 Å². The van der Waals surface area contributed by atoms with Gasteiger partial charge in [-0.05, 0) is 36.7 Å². The van der Waals surface area contributed by atoms with E-state index in [4.69, 9.17) is 11.6 Å². The summed E-state index contributed by atoms with van der Waals surface area (Å²) < 4.78 is 13.4. The molecule has 0 atom stereocenters. The highest BCUT2D eigenvalue weighted by Gasteiger charge is 2.32. The molecule has 0 unspecified atom stereocenters. The third-order valence-electron chi connectivity index (χ3n) is 4.67. The van der Waals surface area contributed by atoms with Crippen molar-refractivity contribution in [2.24, 2.45) is 0 Å². The predicted octanol–water partition coefficient (Wildman–Crippen LogP) is 1.02. The summed E-state index contributed by atoms with van der Waals surface area (Å²) in [6.45, 7) is 1.24. The molecule has 29 heavy (non-hydrogen) atoms. The Bertz CT molecular complexity index is 1020. The molecule has 0 fully saturated rings. The standard InChI is InChI=1S/C19H20ClFN4O4/c1-22-5-6-23-17(27)15-11-4-7-25(9-10-2-3-13(21)12(20)8-10)19(29)14(11)16(26)18(28)24-15/h2-3,8,22,26H,4-7,9H2,1H3,(H,23,27)(H,24,28). The van der Waals surface area contributed by atoms with Crippen LogP contribution in [-0.4, -0.2) is 53.5 Å². The number of H-pyrrole nitrogens is 1. The van der Waals surface area contributed by atoms with Gasteiger partial charge in [-0.1, -0.05) is 17.7 Å². The summed E-state index contributed by atoms with van der Waals surface area (Å²) in [4.78, 5) is 41.3. The van der Waals surface area contributed by atoms with E-state index in [9.17, 15) is 23.9 Å². The monoisotopic (exact) mass is 422 g/mol. The van der Waals surface area contributed by atoms with Crippen LogP contribution in [0.4, 0.5) is 4.39 Å². The Labute approximate surface area is 170 Å². The predicted molar refractivity (Wildman–Crippen MR) is 105 cm³/mol. The summed E-state index contributed by atoms with van der Waals surface area (Å²) >= 11 is 5.79. The van der Waals surface area contributed by atoms with Gasteiger partial charge >= 0.3 is 0 Å². The van der Waals surface area contributed by atoms with Gasteiger partial charge in [-0.15, -0.1) is 0 Å². The second-order valence-electron chi connectivity index (χ2n) is 6.62. The molecular formula is C19H20ClFN4O4. The zero-order chi connectivity index (χ0) is 21.1. The van der Waals surface area contributed by atoms with Gasteiger partial charge < -0.3 is 25.6 Å². The van der Waals surface area contributed by atoms with Gasteiger partial charge in [0.1, 0.15) is 11.5 Å². The molecule has 0 aliphatic carbocycles. The normalized spacial score (nSPS) is 13.3. The van der Waals surface area contributed by atoms with Crippen LogP contribution in [0.2, 0.25) is 5.02 Å². The van der Waals surface area contributed by atoms with E-state index >= 15 is 0 Å². The topological polar surface area (TPSA) is 115 Å². The van der Waals surface area contributed by atoms with E-state index in [-0.39, 0.29) is 35.8 Å². The molecule has 2 amide bonds. The summed E-state index contributed by atoms with van der Waals surface area (Å²) in [5.74, 6) is -2.40. The van der Waals surface area contributed by atoms with Crippen LogP contribution in [0.3, 0.4) is 0 Å². The molecule has 8 nitrogen and oxygen atoms in total. The van der Waals surface area contributed by atoms with Crippen LogP contribution in [0.15, 0.2) is 23.0 Å². The zero-order valence-corrected chi connectivity index (χ0v) is 16.4. The van der Waals surface area contributed by atoms with Crippen LogP contribution in [0.5, 0.6) is 5.75 Å². The lowest BCUT2D eigenvalue weighted by molar-refractivity contribution is 0.0722. The lowest BCUT2D eigenvalue weighted by atomic mass is 9.96. The van der Waals surface area contributed by atoms with Gasteiger partial charge in [0.15, 0.2) is 5.75 Å². The molecule has 0 bridgehead atoms. The minimum atomic E-state index is -0.914. The van der Waals surface area contributed by atoms with E-state index in [0.29, 0.717) is 24.2 Å². The number of amides is 2. The first kappa shape index (κ1) is 20.8. The number of hydrogen-bond acceptors (Lipinski definition) is 5. The summed E-state index contributed by atoms with van der Waals surface area (Å²) in [5, 5.41) is 15.7. The van der Waals surface area contributed by atoms with Crippen molar-refractivity contribution in [1.82, 2.24) is 20.5 Å². The first-order valence-electron chi connectivity index (χ1n) is 8.97. The quantitative estimate of drug-likeness (QED) is 0.519. The molecule has 1 aromatic heterocycles. The van der Waals surface area contributed by atoms with Crippen molar-refractivity contribution in [3.63, 3.8) is 0 Å². The minimum absolute atomic E-state index is 0.0308. The maximum Gasteiger partial charge on any atom is 0.291 e. The first-order chi connectivity index (χ1) is 13.8. The zero-order valence-electron chi connectivity index (χ0n) is 15.6. The number of carbonyl (C=O) groups is 2. The Morgan fingerprint density at radius 3 is 2.79 bits per heavy atom. The lowest BCUT2D eigenvalue weighted by Crippen LogP contribution is -2.41. The summed E-state index contributed by atoms with van der Waals surface area (Å²) in [5.41, 5.74) is -0.240. The highest BCUT2D eigenvalue weighted by molar-refractivity contribution is 6.30. The van der Waals surface area contributed by atoms with Gasteiger partial charge in [-0.2, -0.15) is 0 Å². The van der Waals surface area contributed by atoms with E-state index < -0.39 is 28.9 Å². The number of benzene rings is 1. The molecule has 4 N–H and O–H groups in total. The van der Waals surface area contributed by atoms with E-state index in [1.54, 1.807) is 7.05 Å². The number of rotatable bonds is 6. The molecule has 0 saturated carbocycles. The van der Waals surface area contributed by atoms with Crippen molar-refractivity contribution < 1.29 is 19.1 Å². The minimum Gasteiger partial charge on any atom is -0.502 e. The van der Waals surface area contributed by atoms with Crippen molar-refractivity contribution in [2.75, 3.05) is 26.7 Å². The number of fused-ring (bicyclic) bond motifs is 1. The van der Waals surface area contributed by atoms with Crippen LogP contribution in [0, 0.1) is 5.82 Å². The molecule has 3 rings (SSSR count). The largest absolute Gasteiger partial charge is 0.502 e. The van der Waals surface area contributed by atoms with Gasteiger partial charge in [-0.25, -0.2) is 4.39 Å². The number of nitrogens with one attached hydrogen (secondary N) is 3. The lowest BCUT2D eigenvalue weighted by Gasteiger charge is -2.30. The molecule has 0 spiro atoms. The third-order valence-corrected chi connectivity index (χ3v) is 4.96. The number of nitrogens with zero attached hydrogens (tertiary/aromatic N) is 1. The maximum atomic E-state index is 13.4. The van der Waals surface area contributed by atoms with Crippen molar-refractivity contribution in [2.45, 2.75) is 13.0 Å². The summed E-state index contributed by atoms with van der Waals surface area (Å²) in [6, 6.07) is 4.12. The Kier molecular flexibility index (Phi) is 6.19. The van der Waals surface area contributed by atoms with E-state index in [1.807, 2.05) is 0 Å². The Morgan fingerprint density at radius 1 is 1.34 bits per heavy atom. The molecule has 1 aromatic carbocycles. The number of carbonyl (C=O) groups excluding carboxylic acids is 2. The average Bonchev–Trinajstić information content (AvgIpc) is 2.69. The molecule has 10 heteroatoms. The van der Waals surface area contributed by atoms with Gasteiger partial charge in [-0.3, -0.25) is 14.4 Å². The summed E-state index contributed by atoms with van der Waals surface area (Å²) in [7, 11) is 1.73. The Hall–Kier alpha value is -2.91. The van der Waals surface area contributed by atoms with Crippen molar-refractivity contribution in [3.05, 3.63) is 61.8 Å². The molecule has 0 radical (unpaired) electrons. The van der Waals surface area contributed by atoms with Crippen LogP contribution in [-0.2, 0) is 13.0 Å². The van der Waals surface area contributed by atoms with E-state index in [2.05, 4.69) is 15.6 Å². The number of pyridine rings is 1. The van der Waals surface area contributed by atoms with Gasteiger partial charge in [0.2, 0.25) is 0 Å². The molecule has 1 aliphatic rings. The average molecular weight is 423 g/mol. The number of hydrogen-bond donors (Lipinski definition) is 4. The van der Waals surface area contributed by atoms with Crippen molar-refractivity contribution >= 4 is 23.4 Å². The molecule has 0 saturated heterocycles. The SMILES string of the molecule is CNCCNC(=O)c1[nH]c(=O)c(O)c2c1CCN(Cc1ccc(F)c(Cl)c1)C2=O. The van der Waals surface area contributed by atoms with E-state index in [0.717, 1.165) is 0 Å². The second kappa shape index (κ2) is 8.62. The Balaban J connectivity index is 1.91. The fourth-order valence-electron chi connectivity index (χ4n) is 3.21. The number of halogens is 2. The van der Waals surface area contributed by atoms with Crippen molar-refractivity contribution in [3.8, 4) is 5.75 Å². The van der Waals surface area contributed by atoms with Crippen LogP contribution in [0.1, 0.15) is 32.0 Å². The molecule has 154 valence electrons. The highest BCUT2D eigenvalue weighted by atomic mass is 35.5. The third kappa shape index (κ3) is 4.25. The van der Waals surface area contributed by atoms with Crippen LogP contribution < -0.4 is 16.2 Å². The molecule has 1 aliphatic heterocycles. The molecule has 2 aromatic rings. The van der Waals surface area contributed by atoms with Crippen molar-refractivity contribution in [1.29, 1.82) is 0 Å². The van der Waals surface area contributed by atoms with E-state index in [1.165, 1.54) is 23.1 Å². The Morgan fingerprint density at radius 2 is 2.10 bits per heavy atom. The maximum absolute atomic E-state index is 13.4. The fraction of sp³-hybridized carbons (Fsp3) is 0.316. The number of likely N-dealkylation sites (N-methyl/N-ethyl adjacent to an activating group) is 1. The highest BCUT2D eigenvalue weighted by Crippen LogP contribution is 2.28. The molecular weight excluding hydrogens is 403 g/mol. The number of aromatic amines is 1. The number of aromatic hydroxyl groups is 1. The summed E-state index contributed by atoms with van der Waals surface area (Å²) in [6.07, 6.45) is 0.259.